The molecule has 0 aromatic heterocycles. The van der Waals surface area contributed by atoms with Crippen LogP contribution in [0.3, 0.4) is 0 Å². The van der Waals surface area contributed by atoms with E-state index in [0.717, 1.165) is 25.3 Å². The van der Waals surface area contributed by atoms with Crippen LogP contribution in [0.4, 0.5) is 18.9 Å². The summed E-state index contributed by atoms with van der Waals surface area (Å²) in [6.45, 7) is 0. The van der Waals surface area contributed by atoms with Crippen molar-refractivity contribution in [2.45, 2.75) is 12.5 Å². The third kappa shape index (κ3) is 2.73. The van der Waals surface area contributed by atoms with E-state index in [4.69, 9.17) is 0 Å². The summed E-state index contributed by atoms with van der Waals surface area (Å²) in [6.07, 6.45) is -0.162. The third-order valence-corrected chi connectivity index (χ3v) is 3.84. The first kappa shape index (κ1) is 16.0. The van der Waals surface area contributed by atoms with E-state index in [-0.39, 0.29) is 28.8 Å². The number of nitrogens with one attached hydrogen (secondary N) is 1. The Morgan fingerprint density at radius 2 is 1.92 bits per heavy atom. The molecule has 0 fully saturated rings. The number of halogens is 3. The van der Waals surface area contributed by atoms with Crippen LogP contribution in [0.1, 0.15) is 38.7 Å². The second-order valence-electron chi connectivity index (χ2n) is 5.36. The van der Waals surface area contributed by atoms with Crippen LogP contribution in [0.5, 0.6) is 0 Å². The Labute approximate surface area is 135 Å². The minimum absolute atomic E-state index is 0.00187. The Hall–Kier alpha value is -2.83. The highest BCUT2D eigenvalue weighted by molar-refractivity contribution is 6.11. The minimum atomic E-state index is -0.840. The van der Waals surface area contributed by atoms with Gasteiger partial charge in [0.25, 0.3) is 0 Å². The van der Waals surface area contributed by atoms with Gasteiger partial charge in [-0.3, -0.25) is 4.79 Å². The number of methoxy groups -OCH3 is 1. The highest BCUT2D eigenvalue weighted by Crippen LogP contribution is 2.36. The summed E-state index contributed by atoms with van der Waals surface area (Å²) in [7, 11) is 1.12. The molecule has 124 valence electrons. The number of fused-ring (bicyclic) bond motifs is 1. The highest BCUT2D eigenvalue weighted by atomic mass is 19.1. The molecule has 7 heteroatoms. The lowest BCUT2D eigenvalue weighted by Crippen LogP contribution is -2.26. The standard InChI is InChI=1S/C17H12F3NO3/c1-24-17(23)11-4-9(19)6-14-16(11)15(22)7-13(21-14)10-3-2-8(18)5-12(10)20/h2-6,13,21H,7H2,1H3. The molecule has 3 rings (SSSR count). The van der Waals surface area contributed by atoms with E-state index in [1.807, 2.05) is 0 Å². The largest absolute Gasteiger partial charge is 0.465 e. The van der Waals surface area contributed by atoms with Gasteiger partial charge < -0.3 is 10.1 Å². The SMILES string of the molecule is COC(=O)c1cc(F)cc2c1C(=O)CC(c1ccc(F)cc1F)N2. The van der Waals surface area contributed by atoms with Crippen LogP contribution in [-0.2, 0) is 4.74 Å². The maximum Gasteiger partial charge on any atom is 0.338 e. The summed E-state index contributed by atoms with van der Waals surface area (Å²) in [6, 6.07) is 4.18. The first-order valence-electron chi connectivity index (χ1n) is 7.07. The molecule has 0 saturated heterocycles. The predicted octanol–water partition coefficient (Wildman–Crippen LogP) is 3.63. The fourth-order valence-electron chi connectivity index (χ4n) is 2.79. The second-order valence-corrected chi connectivity index (χ2v) is 5.36. The van der Waals surface area contributed by atoms with Gasteiger partial charge >= 0.3 is 5.97 Å². The number of carbonyl (C=O) groups is 2. The fourth-order valence-corrected chi connectivity index (χ4v) is 2.79. The number of Topliss-reactive ketones (excluding diaryl/α,β-unsaturated/α-hetero) is 1. The fraction of sp³-hybridized carbons (Fsp3) is 0.176. The van der Waals surface area contributed by atoms with Crippen molar-refractivity contribution >= 4 is 17.4 Å². The van der Waals surface area contributed by atoms with Gasteiger partial charge in [-0.25, -0.2) is 18.0 Å². The molecule has 24 heavy (non-hydrogen) atoms. The zero-order chi connectivity index (χ0) is 17.4. The maximum absolute atomic E-state index is 13.9. The molecule has 0 saturated carbocycles. The smallest absolute Gasteiger partial charge is 0.338 e. The van der Waals surface area contributed by atoms with Crippen molar-refractivity contribution in [3.63, 3.8) is 0 Å². The number of ketones is 1. The monoisotopic (exact) mass is 335 g/mol. The average Bonchev–Trinajstić information content (AvgIpc) is 2.52. The first-order valence-corrected chi connectivity index (χ1v) is 7.07. The Kier molecular flexibility index (Phi) is 4.01. The number of benzene rings is 2. The molecule has 2 aromatic rings. The summed E-state index contributed by atoms with van der Waals surface area (Å²) in [5.41, 5.74) is -0.0373. The van der Waals surface area contributed by atoms with Crippen LogP contribution in [0.15, 0.2) is 30.3 Å². The molecule has 4 nitrogen and oxygen atoms in total. The zero-order valence-electron chi connectivity index (χ0n) is 12.5. The van der Waals surface area contributed by atoms with Crippen molar-refractivity contribution in [2.75, 3.05) is 12.4 Å². The molecule has 1 N–H and O–H groups in total. The number of carbonyl (C=O) groups excluding carboxylic acids is 2. The van der Waals surface area contributed by atoms with Crippen molar-refractivity contribution in [3.8, 4) is 0 Å². The van der Waals surface area contributed by atoms with Gasteiger partial charge in [0.05, 0.1) is 24.3 Å². The second kappa shape index (κ2) is 5.99. The average molecular weight is 335 g/mol. The van der Waals surface area contributed by atoms with Crippen LogP contribution in [0, 0.1) is 17.5 Å². The summed E-state index contributed by atoms with van der Waals surface area (Å²) in [5.74, 6) is -3.59. The van der Waals surface area contributed by atoms with Gasteiger partial charge in [0.1, 0.15) is 17.5 Å². The van der Waals surface area contributed by atoms with E-state index >= 15 is 0 Å². The summed E-state index contributed by atoms with van der Waals surface area (Å²) < 4.78 is 45.3. The van der Waals surface area contributed by atoms with E-state index in [0.29, 0.717) is 6.07 Å². The molecule has 2 aromatic carbocycles. The lowest BCUT2D eigenvalue weighted by atomic mass is 9.89. The molecular formula is C17H12F3NO3. The third-order valence-electron chi connectivity index (χ3n) is 3.84. The zero-order valence-corrected chi connectivity index (χ0v) is 12.5. The number of anilines is 1. The normalized spacial score (nSPS) is 16.3. The van der Waals surface area contributed by atoms with Crippen LogP contribution in [-0.4, -0.2) is 18.9 Å². The molecule has 0 amide bonds. The van der Waals surface area contributed by atoms with Crippen molar-refractivity contribution in [3.05, 3.63) is 64.5 Å². The molecule has 0 aliphatic carbocycles. The molecule has 1 atom stereocenters. The van der Waals surface area contributed by atoms with Crippen LogP contribution < -0.4 is 5.32 Å². The Morgan fingerprint density at radius 1 is 1.17 bits per heavy atom. The maximum atomic E-state index is 13.9. The number of ether oxygens (including phenoxy) is 1. The molecule has 1 aliphatic heterocycles. The number of rotatable bonds is 2. The van der Waals surface area contributed by atoms with Crippen LogP contribution >= 0.6 is 0 Å². The van der Waals surface area contributed by atoms with Gasteiger partial charge in [0.2, 0.25) is 0 Å². The van der Waals surface area contributed by atoms with E-state index in [2.05, 4.69) is 10.1 Å². The molecule has 0 bridgehead atoms. The predicted molar refractivity (Wildman–Crippen MR) is 79.4 cm³/mol. The van der Waals surface area contributed by atoms with E-state index in [1.165, 1.54) is 6.07 Å². The summed E-state index contributed by atoms with van der Waals surface area (Å²) in [5, 5.41) is 2.83. The van der Waals surface area contributed by atoms with Gasteiger partial charge in [-0.1, -0.05) is 6.07 Å². The van der Waals surface area contributed by atoms with Gasteiger partial charge in [-0.2, -0.15) is 0 Å². The van der Waals surface area contributed by atoms with E-state index in [1.54, 1.807) is 0 Å². The molecule has 0 spiro atoms. The van der Waals surface area contributed by atoms with E-state index < -0.39 is 35.2 Å². The number of hydrogen-bond acceptors (Lipinski definition) is 4. The minimum Gasteiger partial charge on any atom is -0.465 e. The Morgan fingerprint density at radius 3 is 2.58 bits per heavy atom. The van der Waals surface area contributed by atoms with Crippen molar-refractivity contribution < 1.29 is 27.5 Å². The number of esters is 1. The van der Waals surface area contributed by atoms with Crippen LogP contribution in [0.2, 0.25) is 0 Å². The Bertz CT molecular complexity index is 851. The molecule has 0 radical (unpaired) electrons. The topological polar surface area (TPSA) is 55.4 Å². The van der Waals surface area contributed by atoms with Crippen molar-refractivity contribution in [1.29, 1.82) is 0 Å². The lowest BCUT2D eigenvalue weighted by Gasteiger charge is -2.28. The molecule has 1 aliphatic rings. The number of hydrogen-bond donors (Lipinski definition) is 1. The summed E-state index contributed by atoms with van der Waals surface area (Å²) >= 11 is 0. The van der Waals surface area contributed by atoms with Gasteiger partial charge in [-0.05, 0) is 18.2 Å². The van der Waals surface area contributed by atoms with Crippen LogP contribution in [0.25, 0.3) is 0 Å². The van der Waals surface area contributed by atoms with E-state index in [9.17, 15) is 22.8 Å². The van der Waals surface area contributed by atoms with Gasteiger partial charge in [0.15, 0.2) is 5.78 Å². The first-order chi connectivity index (χ1) is 11.4. The molecule has 1 heterocycles. The quantitative estimate of drug-likeness (QED) is 0.852. The van der Waals surface area contributed by atoms with Crippen molar-refractivity contribution in [2.24, 2.45) is 0 Å². The van der Waals surface area contributed by atoms with Crippen molar-refractivity contribution in [1.82, 2.24) is 0 Å². The Balaban J connectivity index is 2.06. The lowest BCUT2D eigenvalue weighted by molar-refractivity contribution is 0.0596. The van der Waals surface area contributed by atoms with Gasteiger partial charge in [0, 0.05) is 23.7 Å². The summed E-state index contributed by atoms with van der Waals surface area (Å²) in [4.78, 5) is 24.2. The molecular weight excluding hydrogens is 323 g/mol. The van der Waals surface area contributed by atoms with Gasteiger partial charge in [-0.15, -0.1) is 0 Å². The molecule has 1 unspecified atom stereocenters. The highest BCUT2D eigenvalue weighted by Gasteiger charge is 2.32.